The standard InChI is InChI=1S/C25H24BrN3O4/c1-13-21(24(31)29-20-7-5-15(26)11-27-20)22(14-4-6-18-19(8-14)33-12-32-18)23-16(28-13)9-25(2,3)10-17(23)30/h4-8,11,22,28H,9-10,12H2,1-3H3,(H,27,29,31). The van der Waals surface area contributed by atoms with E-state index in [1.807, 2.05) is 31.2 Å². The Labute approximate surface area is 200 Å². The molecule has 1 aromatic carbocycles. The Morgan fingerprint density at radius 3 is 2.73 bits per heavy atom. The van der Waals surface area contributed by atoms with Crippen LogP contribution in [0.3, 0.4) is 0 Å². The van der Waals surface area contributed by atoms with Crippen molar-refractivity contribution in [2.24, 2.45) is 5.41 Å². The molecule has 7 nitrogen and oxygen atoms in total. The number of anilines is 1. The number of pyridine rings is 1. The smallest absolute Gasteiger partial charge is 0.255 e. The fourth-order valence-corrected chi connectivity index (χ4v) is 5.03. The number of aromatic nitrogens is 1. The molecule has 33 heavy (non-hydrogen) atoms. The number of carbonyl (C=O) groups excluding carboxylic acids is 2. The maximum Gasteiger partial charge on any atom is 0.255 e. The van der Waals surface area contributed by atoms with Crippen LogP contribution in [0.2, 0.25) is 0 Å². The van der Waals surface area contributed by atoms with E-state index in [9.17, 15) is 9.59 Å². The zero-order chi connectivity index (χ0) is 23.3. The first-order chi connectivity index (χ1) is 15.7. The maximum absolute atomic E-state index is 13.5. The van der Waals surface area contributed by atoms with Gasteiger partial charge in [-0.25, -0.2) is 4.98 Å². The predicted octanol–water partition coefficient (Wildman–Crippen LogP) is 4.82. The predicted molar refractivity (Wildman–Crippen MR) is 127 cm³/mol. The largest absolute Gasteiger partial charge is 0.454 e. The summed E-state index contributed by atoms with van der Waals surface area (Å²) in [6.45, 7) is 6.21. The van der Waals surface area contributed by atoms with Crippen LogP contribution in [0, 0.1) is 5.41 Å². The Morgan fingerprint density at radius 1 is 1.18 bits per heavy atom. The van der Waals surface area contributed by atoms with Crippen LogP contribution in [0.4, 0.5) is 5.82 Å². The van der Waals surface area contributed by atoms with E-state index in [1.165, 1.54) is 0 Å². The van der Waals surface area contributed by atoms with E-state index in [1.54, 1.807) is 12.3 Å². The number of carbonyl (C=O) groups is 2. The number of nitrogens with zero attached hydrogens (tertiary/aromatic N) is 1. The van der Waals surface area contributed by atoms with Crippen LogP contribution >= 0.6 is 15.9 Å². The summed E-state index contributed by atoms with van der Waals surface area (Å²) in [6, 6.07) is 9.14. The molecule has 0 spiro atoms. The normalized spacial score (nSPS) is 21.0. The lowest BCUT2D eigenvalue weighted by atomic mass is 9.68. The van der Waals surface area contributed by atoms with Gasteiger partial charge in [0, 0.05) is 45.5 Å². The van der Waals surface area contributed by atoms with Gasteiger partial charge in [0.2, 0.25) is 6.79 Å². The number of halogens is 1. The third-order valence-corrected chi connectivity index (χ3v) is 6.65. The number of benzene rings is 1. The van der Waals surface area contributed by atoms with Crippen LogP contribution in [-0.2, 0) is 9.59 Å². The van der Waals surface area contributed by atoms with Crippen molar-refractivity contribution in [3.8, 4) is 11.5 Å². The summed E-state index contributed by atoms with van der Waals surface area (Å²) in [6.07, 6.45) is 2.78. The van der Waals surface area contributed by atoms with Crippen LogP contribution in [0.25, 0.3) is 0 Å². The molecule has 1 atom stereocenters. The van der Waals surface area contributed by atoms with Gasteiger partial charge >= 0.3 is 0 Å². The molecule has 3 aliphatic rings. The number of ketones is 1. The van der Waals surface area contributed by atoms with E-state index in [0.29, 0.717) is 34.9 Å². The Hall–Kier alpha value is -3.13. The average Bonchev–Trinajstić information content (AvgIpc) is 3.21. The molecule has 0 saturated heterocycles. The quantitative estimate of drug-likeness (QED) is 0.616. The van der Waals surface area contributed by atoms with E-state index in [2.05, 4.69) is 45.4 Å². The minimum atomic E-state index is -0.519. The zero-order valence-electron chi connectivity index (χ0n) is 18.6. The van der Waals surface area contributed by atoms with Gasteiger partial charge in [0.1, 0.15) is 5.82 Å². The highest BCUT2D eigenvalue weighted by Gasteiger charge is 2.43. The molecule has 2 aromatic rings. The molecule has 2 N–H and O–H groups in total. The Morgan fingerprint density at radius 2 is 1.97 bits per heavy atom. The molecule has 0 bridgehead atoms. The van der Waals surface area contributed by atoms with E-state index in [4.69, 9.17) is 9.47 Å². The first-order valence-corrected chi connectivity index (χ1v) is 11.6. The molecule has 1 aromatic heterocycles. The Bertz CT molecular complexity index is 1230. The topological polar surface area (TPSA) is 89.6 Å². The number of hydrogen-bond donors (Lipinski definition) is 2. The highest BCUT2D eigenvalue weighted by atomic mass is 79.9. The van der Waals surface area contributed by atoms with E-state index < -0.39 is 5.92 Å². The number of fused-ring (bicyclic) bond motifs is 1. The van der Waals surface area contributed by atoms with Gasteiger partial charge in [0.05, 0.1) is 0 Å². The van der Waals surface area contributed by atoms with Gasteiger partial charge in [-0.1, -0.05) is 19.9 Å². The minimum Gasteiger partial charge on any atom is -0.454 e. The highest BCUT2D eigenvalue weighted by molar-refractivity contribution is 9.10. The van der Waals surface area contributed by atoms with Crippen LogP contribution in [-0.4, -0.2) is 23.5 Å². The van der Waals surface area contributed by atoms with Crippen LogP contribution in [0.1, 0.15) is 45.1 Å². The van der Waals surface area contributed by atoms with Gasteiger partial charge in [-0.15, -0.1) is 0 Å². The molecule has 170 valence electrons. The SMILES string of the molecule is CC1=C(C(=O)Nc2ccc(Br)cn2)C(c2ccc3c(c2)OCO3)C2=C(CC(C)(C)CC2=O)N1. The molecular formula is C25H24BrN3O4. The molecular weight excluding hydrogens is 486 g/mol. The summed E-state index contributed by atoms with van der Waals surface area (Å²) in [5, 5.41) is 6.27. The van der Waals surface area contributed by atoms with Crippen molar-refractivity contribution >= 4 is 33.4 Å². The molecule has 0 saturated carbocycles. The Balaban J connectivity index is 1.60. The molecule has 2 aliphatic heterocycles. The monoisotopic (exact) mass is 509 g/mol. The number of dihydropyridines is 1. The second kappa shape index (κ2) is 8.02. The van der Waals surface area contributed by atoms with Crippen molar-refractivity contribution in [2.75, 3.05) is 12.1 Å². The summed E-state index contributed by atoms with van der Waals surface area (Å²) in [7, 11) is 0. The average molecular weight is 510 g/mol. The number of amides is 1. The highest BCUT2D eigenvalue weighted by Crippen LogP contribution is 2.48. The van der Waals surface area contributed by atoms with E-state index >= 15 is 0 Å². The molecule has 1 unspecified atom stereocenters. The van der Waals surface area contributed by atoms with Crippen LogP contribution in [0.15, 0.2) is 63.5 Å². The van der Waals surface area contributed by atoms with Crippen molar-refractivity contribution < 1.29 is 19.1 Å². The third-order valence-electron chi connectivity index (χ3n) is 6.18. The van der Waals surface area contributed by atoms with Gasteiger partial charge in [0.25, 0.3) is 5.91 Å². The summed E-state index contributed by atoms with van der Waals surface area (Å²) >= 11 is 3.36. The van der Waals surface area contributed by atoms with Crippen molar-refractivity contribution in [2.45, 2.75) is 39.5 Å². The summed E-state index contributed by atoms with van der Waals surface area (Å²) in [5.41, 5.74) is 3.41. The molecule has 8 heteroatoms. The number of ether oxygens (including phenoxy) is 2. The van der Waals surface area contributed by atoms with Gasteiger partial charge in [0.15, 0.2) is 17.3 Å². The van der Waals surface area contributed by atoms with Crippen LogP contribution in [0.5, 0.6) is 11.5 Å². The summed E-state index contributed by atoms with van der Waals surface area (Å²) < 4.78 is 11.9. The maximum atomic E-state index is 13.5. The lowest BCUT2D eigenvalue weighted by Crippen LogP contribution is -2.39. The van der Waals surface area contributed by atoms with Crippen LogP contribution < -0.4 is 20.1 Å². The van der Waals surface area contributed by atoms with Gasteiger partial charge in [-0.05, 0) is 64.5 Å². The lowest BCUT2D eigenvalue weighted by Gasteiger charge is -2.39. The van der Waals surface area contributed by atoms with Gasteiger partial charge < -0.3 is 20.1 Å². The van der Waals surface area contributed by atoms with E-state index in [0.717, 1.165) is 27.9 Å². The fraction of sp³-hybridized carbons (Fsp3) is 0.320. The molecule has 0 fully saturated rings. The zero-order valence-corrected chi connectivity index (χ0v) is 20.2. The summed E-state index contributed by atoms with van der Waals surface area (Å²) in [4.78, 5) is 31.2. The second-order valence-corrected chi connectivity index (χ2v) is 10.3. The molecule has 1 amide bonds. The number of Topliss-reactive ketones (excluding diaryl/α,β-unsaturated/α-hetero) is 1. The number of rotatable bonds is 3. The van der Waals surface area contributed by atoms with Crippen molar-refractivity contribution in [1.29, 1.82) is 0 Å². The number of allylic oxidation sites excluding steroid dienone is 3. The molecule has 5 rings (SSSR count). The molecule has 0 radical (unpaired) electrons. The minimum absolute atomic E-state index is 0.0518. The second-order valence-electron chi connectivity index (χ2n) is 9.36. The summed E-state index contributed by atoms with van der Waals surface area (Å²) in [5.74, 6) is 0.934. The first kappa shape index (κ1) is 21.7. The van der Waals surface area contributed by atoms with E-state index in [-0.39, 0.29) is 23.9 Å². The number of hydrogen-bond acceptors (Lipinski definition) is 6. The lowest BCUT2D eigenvalue weighted by molar-refractivity contribution is -0.118. The molecule has 3 heterocycles. The number of nitrogens with one attached hydrogen (secondary N) is 2. The first-order valence-electron chi connectivity index (χ1n) is 10.8. The van der Waals surface area contributed by atoms with Crippen molar-refractivity contribution in [3.63, 3.8) is 0 Å². The van der Waals surface area contributed by atoms with Gasteiger partial charge in [-0.2, -0.15) is 0 Å². The van der Waals surface area contributed by atoms with Crippen molar-refractivity contribution in [3.05, 3.63) is 69.1 Å². The fourth-order valence-electron chi connectivity index (χ4n) is 4.80. The van der Waals surface area contributed by atoms with Crippen molar-refractivity contribution in [1.82, 2.24) is 10.3 Å². The van der Waals surface area contributed by atoms with Gasteiger partial charge in [-0.3, -0.25) is 9.59 Å². The Kier molecular flexibility index (Phi) is 5.28. The molecule has 1 aliphatic carbocycles. The third kappa shape index (κ3) is 4.04.